The van der Waals surface area contributed by atoms with Gasteiger partial charge in [-0.25, -0.2) is 8.42 Å². The van der Waals surface area contributed by atoms with Crippen LogP contribution in [0.3, 0.4) is 0 Å². The van der Waals surface area contributed by atoms with Gasteiger partial charge >= 0.3 is 0 Å². The Morgan fingerprint density at radius 3 is 2.52 bits per heavy atom. The Morgan fingerprint density at radius 2 is 1.95 bits per heavy atom. The topological polar surface area (TPSA) is 87.2 Å². The molecule has 0 aliphatic rings. The predicted molar refractivity (Wildman–Crippen MR) is 83.0 cm³/mol. The second-order valence-corrected chi connectivity index (χ2v) is 7.37. The predicted octanol–water partition coefficient (Wildman–Crippen LogP) is 2.43. The van der Waals surface area contributed by atoms with Gasteiger partial charge in [-0.2, -0.15) is 9.57 Å². The molecular weight excluding hydrogens is 306 g/mol. The summed E-state index contributed by atoms with van der Waals surface area (Å²) in [5.41, 5.74) is 6.10. The van der Waals surface area contributed by atoms with Gasteiger partial charge in [-0.1, -0.05) is 6.07 Å². The molecule has 0 bridgehead atoms. The minimum atomic E-state index is -3.63. The number of thiophene rings is 1. The van der Waals surface area contributed by atoms with Crippen molar-refractivity contribution in [3.05, 3.63) is 46.7 Å². The van der Waals surface area contributed by atoms with Gasteiger partial charge in [0, 0.05) is 30.1 Å². The first-order valence-electron chi connectivity index (χ1n) is 6.29. The molecule has 1 heterocycles. The highest BCUT2D eigenvalue weighted by Crippen LogP contribution is 2.21. The van der Waals surface area contributed by atoms with Gasteiger partial charge in [0.2, 0.25) is 10.0 Å². The Labute approximate surface area is 128 Å². The number of nitrogen functional groups attached to an aromatic ring is 1. The molecule has 0 saturated carbocycles. The molecule has 21 heavy (non-hydrogen) atoms. The van der Waals surface area contributed by atoms with Crippen molar-refractivity contribution in [2.75, 3.05) is 12.3 Å². The van der Waals surface area contributed by atoms with E-state index < -0.39 is 10.0 Å². The fourth-order valence-electron chi connectivity index (χ4n) is 1.82. The molecule has 0 aliphatic carbocycles. The first-order chi connectivity index (χ1) is 10.0. The van der Waals surface area contributed by atoms with E-state index in [1.165, 1.54) is 27.8 Å². The number of nitrogens with zero attached hydrogens (tertiary/aromatic N) is 2. The van der Waals surface area contributed by atoms with E-state index in [0.29, 0.717) is 5.69 Å². The van der Waals surface area contributed by atoms with E-state index in [4.69, 9.17) is 11.0 Å². The second-order valence-electron chi connectivity index (χ2n) is 4.40. The highest BCUT2D eigenvalue weighted by atomic mass is 32.2. The molecule has 5 nitrogen and oxygen atoms in total. The van der Waals surface area contributed by atoms with Gasteiger partial charge in [-0.05, 0) is 35.7 Å². The van der Waals surface area contributed by atoms with E-state index in [1.807, 2.05) is 23.6 Å². The van der Waals surface area contributed by atoms with Crippen molar-refractivity contribution in [2.24, 2.45) is 0 Å². The molecule has 1 aromatic heterocycles. The lowest BCUT2D eigenvalue weighted by molar-refractivity contribution is 0.416. The summed E-state index contributed by atoms with van der Waals surface area (Å²) in [5.74, 6) is 0. The Balaban J connectivity index is 2.29. The number of nitrogens with two attached hydrogens (primary N) is 1. The van der Waals surface area contributed by atoms with Crippen LogP contribution in [0.25, 0.3) is 0 Å². The lowest BCUT2D eigenvalue weighted by atomic mass is 10.3. The van der Waals surface area contributed by atoms with Gasteiger partial charge in [-0.3, -0.25) is 0 Å². The maximum atomic E-state index is 12.7. The first kappa shape index (κ1) is 15.5. The van der Waals surface area contributed by atoms with Crippen LogP contribution in [0.15, 0.2) is 46.7 Å². The molecule has 0 saturated heterocycles. The van der Waals surface area contributed by atoms with Crippen LogP contribution in [0.4, 0.5) is 5.69 Å². The minimum absolute atomic E-state index is 0.152. The van der Waals surface area contributed by atoms with E-state index in [1.54, 1.807) is 12.1 Å². The molecule has 2 N–H and O–H groups in total. The minimum Gasteiger partial charge on any atom is -0.399 e. The highest BCUT2D eigenvalue weighted by molar-refractivity contribution is 7.89. The van der Waals surface area contributed by atoms with Crippen molar-refractivity contribution in [1.29, 1.82) is 5.26 Å². The second kappa shape index (κ2) is 6.72. The quantitative estimate of drug-likeness (QED) is 0.828. The van der Waals surface area contributed by atoms with Crippen LogP contribution >= 0.6 is 11.3 Å². The molecule has 0 aliphatic heterocycles. The zero-order valence-electron chi connectivity index (χ0n) is 11.3. The lowest BCUT2D eigenvalue weighted by Crippen LogP contribution is -2.31. The Hall–Kier alpha value is -1.88. The average molecular weight is 321 g/mol. The summed E-state index contributed by atoms with van der Waals surface area (Å²) in [7, 11) is -3.63. The molecule has 0 amide bonds. The summed E-state index contributed by atoms with van der Waals surface area (Å²) >= 11 is 1.49. The number of sulfonamides is 1. The van der Waals surface area contributed by atoms with Crippen LogP contribution in [0.1, 0.15) is 11.3 Å². The number of benzene rings is 1. The van der Waals surface area contributed by atoms with Gasteiger partial charge in [0.15, 0.2) is 0 Å². The molecule has 110 valence electrons. The van der Waals surface area contributed by atoms with Crippen LogP contribution in [0, 0.1) is 11.3 Å². The van der Waals surface area contributed by atoms with Crippen molar-refractivity contribution in [2.45, 2.75) is 17.9 Å². The molecular formula is C14H15N3O2S2. The Kier molecular flexibility index (Phi) is 4.96. The number of anilines is 1. The standard InChI is InChI=1S/C14H15N3O2S2/c15-8-2-9-17(11-13-3-1-10-20-13)21(18,19)14-6-4-12(16)5-7-14/h1,3-7,10H,2,9,11,16H2. The van der Waals surface area contributed by atoms with Crippen LogP contribution < -0.4 is 5.73 Å². The maximum absolute atomic E-state index is 12.7. The van der Waals surface area contributed by atoms with Gasteiger partial charge in [0.05, 0.1) is 11.0 Å². The monoisotopic (exact) mass is 321 g/mol. The van der Waals surface area contributed by atoms with Gasteiger partial charge < -0.3 is 5.73 Å². The number of rotatable bonds is 6. The summed E-state index contributed by atoms with van der Waals surface area (Å²) in [6.45, 7) is 0.438. The molecule has 7 heteroatoms. The van der Waals surface area contributed by atoms with Crippen molar-refractivity contribution >= 4 is 27.0 Å². The maximum Gasteiger partial charge on any atom is 0.243 e. The van der Waals surface area contributed by atoms with E-state index in [0.717, 1.165) is 4.88 Å². The molecule has 2 aromatic rings. The van der Waals surface area contributed by atoms with Crippen LogP contribution in [-0.2, 0) is 16.6 Å². The third kappa shape index (κ3) is 3.82. The molecule has 0 fully saturated rings. The van der Waals surface area contributed by atoms with Crippen LogP contribution in [0.5, 0.6) is 0 Å². The van der Waals surface area contributed by atoms with E-state index in [2.05, 4.69) is 0 Å². The molecule has 1 aromatic carbocycles. The van der Waals surface area contributed by atoms with Crippen molar-refractivity contribution in [3.63, 3.8) is 0 Å². The van der Waals surface area contributed by atoms with E-state index in [-0.39, 0.29) is 24.4 Å². The first-order valence-corrected chi connectivity index (χ1v) is 8.61. The molecule has 0 atom stereocenters. The fraction of sp³-hybridized carbons (Fsp3) is 0.214. The molecule has 2 rings (SSSR count). The summed E-state index contributed by atoms with van der Waals surface area (Å²) in [6, 6.07) is 11.8. The zero-order valence-corrected chi connectivity index (χ0v) is 12.9. The largest absolute Gasteiger partial charge is 0.399 e. The number of hydrogen-bond acceptors (Lipinski definition) is 5. The highest BCUT2D eigenvalue weighted by Gasteiger charge is 2.24. The van der Waals surface area contributed by atoms with E-state index >= 15 is 0 Å². The zero-order chi connectivity index (χ0) is 15.3. The summed E-state index contributed by atoms with van der Waals surface area (Å²) in [4.78, 5) is 1.12. The van der Waals surface area contributed by atoms with Crippen molar-refractivity contribution in [3.8, 4) is 6.07 Å². The summed E-state index contributed by atoms with van der Waals surface area (Å²) in [5, 5.41) is 10.6. The summed E-state index contributed by atoms with van der Waals surface area (Å²) < 4.78 is 26.6. The third-order valence-electron chi connectivity index (χ3n) is 2.90. The lowest BCUT2D eigenvalue weighted by Gasteiger charge is -2.20. The molecule has 0 radical (unpaired) electrons. The van der Waals surface area contributed by atoms with Crippen LogP contribution in [0.2, 0.25) is 0 Å². The van der Waals surface area contributed by atoms with Gasteiger partial charge in [0.25, 0.3) is 0 Å². The van der Waals surface area contributed by atoms with Gasteiger partial charge in [0.1, 0.15) is 0 Å². The Bertz CT molecular complexity index is 717. The SMILES string of the molecule is N#CCCN(Cc1cccs1)S(=O)(=O)c1ccc(N)cc1. The van der Waals surface area contributed by atoms with Gasteiger partial charge in [-0.15, -0.1) is 11.3 Å². The van der Waals surface area contributed by atoms with E-state index in [9.17, 15) is 8.42 Å². The summed E-state index contributed by atoms with van der Waals surface area (Å²) in [6.07, 6.45) is 0.152. The van der Waals surface area contributed by atoms with Crippen LogP contribution in [-0.4, -0.2) is 19.3 Å². The smallest absolute Gasteiger partial charge is 0.243 e. The average Bonchev–Trinajstić information content (AvgIpc) is 2.96. The van der Waals surface area contributed by atoms with Crippen molar-refractivity contribution < 1.29 is 8.42 Å². The molecule has 0 spiro atoms. The third-order valence-corrected chi connectivity index (χ3v) is 5.62. The number of nitriles is 1. The van der Waals surface area contributed by atoms with Crippen molar-refractivity contribution in [1.82, 2.24) is 4.31 Å². The Morgan fingerprint density at radius 1 is 1.24 bits per heavy atom. The molecule has 0 unspecified atom stereocenters. The fourth-order valence-corrected chi connectivity index (χ4v) is 4.04. The number of hydrogen-bond donors (Lipinski definition) is 1. The normalized spacial score (nSPS) is 11.4.